The van der Waals surface area contributed by atoms with Gasteiger partial charge in [0.05, 0.1) is 26.9 Å². The fourth-order valence-electron chi connectivity index (χ4n) is 2.11. The molecule has 126 valence electrons. The van der Waals surface area contributed by atoms with Crippen LogP contribution in [0, 0.1) is 0 Å². The molecule has 2 aromatic rings. The predicted molar refractivity (Wildman–Crippen MR) is 88.6 cm³/mol. The van der Waals surface area contributed by atoms with Crippen molar-refractivity contribution in [3.63, 3.8) is 0 Å². The van der Waals surface area contributed by atoms with Crippen LogP contribution in [0.1, 0.15) is 6.92 Å². The summed E-state index contributed by atoms with van der Waals surface area (Å²) >= 11 is 0. The Labute approximate surface area is 139 Å². The number of anilines is 1. The maximum Gasteiger partial charge on any atom is 0.354 e. The zero-order valence-corrected chi connectivity index (χ0v) is 13.7. The summed E-state index contributed by atoms with van der Waals surface area (Å²) in [6.07, 6.45) is 2.69. The Morgan fingerprint density at radius 2 is 2.00 bits per heavy atom. The largest absolute Gasteiger partial charge is 0.492 e. The van der Waals surface area contributed by atoms with Crippen molar-refractivity contribution in [2.24, 2.45) is 0 Å². The van der Waals surface area contributed by atoms with Crippen LogP contribution >= 0.6 is 0 Å². The summed E-state index contributed by atoms with van der Waals surface area (Å²) < 4.78 is 14.8. The molecule has 1 aromatic carbocycles. The van der Waals surface area contributed by atoms with Crippen molar-refractivity contribution in [1.82, 2.24) is 4.98 Å². The highest BCUT2D eigenvalue weighted by Crippen LogP contribution is 2.30. The number of esters is 2. The van der Waals surface area contributed by atoms with Crippen molar-refractivity contribution < 1.29 is 23.8 Å². The Morgan fingerprint density at radius 1 is 1.21 bits per heavy atom. The van der Waals surface area contributed by atoms with Crippen LogP contribution in [0.5, 0.6) is 5.75 Å². The van der Waals surface area contributed by atoms with Crippen LogP contribution < -0.4 is 10.1 Å². The number of carbonyl (C=O) groups is 2. The minimum Gasteiger partial charge on any atom is -0.492 e. The second kappa shape index (κ2) is 7.96. The number of nitrogens with one attached hydrogen (secondary N) is 1. The minimum atomic E-state index is -0.689. The summed E-state index contributed by atoms with van der Waals surface area (Å²) in [6, 6.07) is 7.09. The van der Waals surface area contributed by atoms with Gasteiger partial charge in [-0.2, -0.15) is 0 Å². The van der Waals surface area contributed by atoms with Crippen LogP contribution in [0.3, 0.4) is 0 Å². The number of pyridine rings is 1. The molecule has 24 heavy (non-hydrogen) atoms. The lowest BCUT2D eigenvalue weighted by molar-refractivity contribution is -0.138. The summed E-state index contributed by atoms with van der Waals surface area (Å²) in [7, 11) is 2.46. The molecule has 1 heterocycles. The topological polar surface area (TPSA) is 86.8 Å². The maximum absolute atomic E-state index is 11.9. The number of aromatic nitrogens is 1. The van der Waals surface area contributed by atoms with Gasteiger partial charge in [-0.3, -0.25) is 4.98 Å². The highest BCUT2D eigenvalue weighted by molar-refractivity contribution is 6.02. The fraction of sp³-hybridized carbons (Fsp3) is 0.235. The molecule has 7 heteroatoms. The van der Waals surface area contributed by atoms with E-state index in [-0.39, 0.29) is 5.70 Å². The van der Waals surface area contributed by atoms with E-state index in [9.17, 15) is 9.59 Å². The fourth-order valence-corrected chi connectivity index (χ4v) is 2.11. The van der Waals surface area contributed by atoms with E-state index in [4.69, 9.17) is 4.74 Å². The highest BCUT2D eigenvalue weighted by atomic mass is 16.5. The lowest BCUT2D eigenvalue weighted by atomic mass is 10.1. The summed E-state index contributed by atoms with van der Waals surface area (Å²) in [5.41, 5.74) is 1.19. The number of methoxy groups -OCH3 is 2. The van der Waals surface area contributed by atoms with Crippen LogP contribution in [0.4, 0.5) is 5.69 Å². The molecule has 0 spiro atoms. The summed E-state index contributed by atoms with van der Waals surface area (Å²) in [4.78, 5) is 27.6. The molecule has 1 N–H and O–H groups in total. The molecule has 7 nitrogen and oxygen atoms in total. The molecular weight excluding hydrogens is 312 g/mol. The average Bonchev–Trinajstić information content (AvgIpc) is 2.62. The molecular formula is C17H18N2O5. The van der Waals surface area contributed by atoms with Crippen molar-refractivity contribution in [3.8, 4) is 5.75 Å². The molecule has 0 saturated carbocycles. The van der Waals surface area contributed by atoms with Gasteiger partial charge in [-0.25, -0.2) is 9.59 Å². The van der Waals surface area contributed by atoms with Crippen molar-refractivity contribution >= 4 is 28.5 Å². The van der Waals surface area contributed by atoms with Gasteiger partial charge in [0.15, 0.2) is 0 Å². The van der Waals surface area contributed by atoms with E-state index in [1.165, 1.54) is 14.2 Å². The molecule has 1 aromatic heterocycles. The van der Waals surface area contributed by atoms with Gasteiger partial charge in [-0.05, 0) is 31.2 Å². The maximum atomic E-state index is 11.9. The quantitative estimate of drug-likeness (QED) is 0.642. The van der Waals surface area contributed by atoms with E-state index < -0.39 is 11.9 Å². The third-order valence-corrected chi connectivity index (χ3v) is 3.17. The van der Waals surface area contributed by atoms with Gasteiger partial charge >= 0.3 is 11.9 Å². The Balaban J connectivity index is 2.48. The summed E-state index contributed by atoms with van der Waals surface area (Å²) in [5.74, 6) is -0.724. The second-order valence-electron chi connectivity index (χ2n) is 4.64. The molecule has 0 saturated heterocycles. The molecule has 0 atom stereocenters. The van der Waals surface area contributed by atoms with Crippen molar-refractivity contribution in [2.75, 3.05) is 26.1 Å². The van der Waals surface area contributed by atoms with Crippen LogP contribution in [-0.4, -0.2) is 37.7 Å². The van der Waals surface area contributed by atoms with Crippen LogP contribution in [0.25, 0.3) is 10.9 Å². The van der Waals surface area contributed by atoms with Gasteiger partial charge in [0.2, 0.25) is 0 Å². The Bertz CT molecular complexity index is 786. The first-order valence-corrected chi connectivity index (χ1v) is 7.26. The molecule has 0 bridgehead atoms. The number of benzene rings is 1. The predicted octanol–water partition coefficient (Wildman–Crippen LogP) is 2.28. The first-order chi connectivity index (χ1) is 11.6. The van der Waals surface area contributed by atoms with Crippen LogP contribution in [0.15, 0.2) is 42.2 Å². The smallest absolute Gasteiger partial charge is 0.354 e. The number of fused-ring (bicyclic) bond motifs is 1. The number of nitrogens with zero attached hydrogens (tertiary/aromatic N) is 1. The van der Waals surface area contributed by atoms with Crippen LogP contribution in [0.2, 0.25) is 0 Å². The molecule has 0 aliphatic rings. The number of hydrogen-bond donors (Lipinski definition) is 1. The van der Waals surface area contributed by atoms with E-state index in [1.807, 2.05) is 13.0 Å². The minimum absolute atomic E-state index is 0.0429. The number of carbonyl (C=O) groups excluding carboxylic acids is 2. The van der Waals surface area contributed by atoms with E-state index >= 15 is 0 Å². The molecule has 0 aliphatic heterocycles. The normalized spacial score (nSPS) is 11.0. The SMILES string of the molecule is CCOc1ccc(N/C(=C/C(=O)OC)C(=O)OC)c2cccnc12. The Kier molecular flexibility index (Phi) is 5.73. The van der Waals surface area contributed by atoms with E-state index in [0.29, 0.717) is 23.6 Å². The number of hydrogen-bond acceptors (Lipinski definition) is 7. The molecule has 2 rings (SSSR count). The lowest BCUT2D eigenvalue weighted by Gasteiger charge is -2.13. The monoisotopic (exact) mass is 330 g/mol. The third-order valence-electron chi connectivity index (χ3n) is 3.17. The van der Waals surface area contributed by atoms with Gasteiger partial charge in [0.25, 0.3) is 0 Å². The summed E-state index contributed by atoms with van der Waals surface area (Å²) in [5, 5.41) is 3.64. The molecule has 0 unspecified atom stereocenters. The van der Waals surface area contributed by atoms with Gasteiger partial charge < -0.3 is 19.5 Å². The molecule has 0 amide bonds. The van der Waals surface area contributed by atoms with Gasteiger partial charge in [-0.1, -0.05) is 0 Å². The Hall–Kier alpha value is -3.09. The lowest BCUT2D eigenvalue weighted by Crippen LogP contribution is -2.15. The van der Waals surface area contributed by atoms with Crippen molar-refractivity contribution in [2.45, 2.75) is 6.92 Å². The van der Waals surface area contributed by atoms with Gasteiger partial charge in [-0.15, -0.1) is 0 Å². The van der Waals surface area contributed by atoms with Crippen molar-refractivity contribution in [1.29, 1.82) is 0 Å². The highest BCUT2D eigenvalue weighted by Gasteiger charge is 2.15. The Morgan fingerprint density at radius 3 is 2.67 bits per heavy atom. The number of ether oxygens (including phenoxy) is 3. The molecule has 0 fully saturated rings. The van der Waals surface area contributed by atoms with Crippen LogP contribution in [-0.2, 0) is 19.1 Å². The molecule has 0 radical (unpaired) electrons. The zero-order valence-electron chi connectivity index (χ0n) is 13.7. The van der Waals surface area contributed by atoms with E-state index in [1.54, 1.807) is 24.4 Å². The molecule has 0 aliphatic carbocycles. The van der Waals surface area contributed by atoms with Gasteiger partial charge in [0, 0.05) is 17.3 Å². The second-order valence-corrected chi connectivity index (χ2v) is 4.64. The first kappa shape index (κ1) is 17.3. The first-order valence-electron chi connectivity index (χ1n) is 7.26. The number of rotatable bonds is 6. The average molecular weight is 330 g/mol. The standard InChI is InChI=1S/C17H18N2O5/c1-4-24-14-8-7-12(11-6-5-9-18-16(11)14)19-13(17(21)23-3)10-15(20)22-2/h5-10,19H,4H2,1-3H3/b13-10+. The van der Waals surface area contributed by atoms with Crippen molar-refractivity contribution in [3.05, 3.63) is 42.2 Å². The third kappa shape index (κ3) is 3.81. The van der Waals surface area contributed by atoms with E-state index in [0.717, 1.165) is 11.5 Å². The summed E-state index contributed by atoms with van der Waals surface area (Å²) in [6.45, 7) is 2.39. The zero-order chi connectivity index (χ0) is 17.5. The van der Waals surface area contributed by atoms with Gasteiger partial charge in [0.1, 0.15) is 17.0 Å². The van der Waals surface area contributed by atoms with E-state index in [2.05, 4.69) is 19.8 Å².